The van der Waals surface area contributed by atoms with Crippen molar-refractivity contribution in [3.05, 3.63) is 84.3 Å². The van der Waals surface area contributed by atoms with E-state index in [-0.39, 0.29) is 35.5 Å². The van der Waals surface area contributed by atoms with E-state index in [2.05, 4.69) is 18.0 Å². The van der Waals surface area contributed by atoms with Gasteiger partial charge in [-0.1, -0.05) is 43.0 Å². The molecule has 1 aliphatic carbocycles. The van der Waals surface area contributed by atoms with E-state index < -0.39 is 0 Å². The zero-order valence-electron chi connectivity index (χ0n) is 17.7. The average Bonchev–Trinajstić information content (AvgIpc) is 3.08. The lowest BCUT2D eigenvalue weighted by Crippen LogP contribution is -2.50. The number of allylic oxidation sites excluding steroid dienone is 2. The smallest absolute Gasteiger partial charge is 0.246 e. The summed E-state index contributed by atoms with van der Waals surface area (Å²) in [7, 11) is 0. The number of likely N-dealkylation sites (tertiary alicyclic amines) is 1. The number of phenolic OH excluding ortho intramolecular Hbond substituents is 1. The van der Waals surface area contributed by atoms with E-state index in [1.807, 2.05) is 36.4 Å². The Kier molecular flexibility index (Phi) is 4.85. The molecule has 0 radical (unpaired) electrons. The molecule has 162 valence electrons. The maximum Gasteiger partial charge on any atom is 0.246 e. The third-order valence-electron chi connectivity index (χ3n) is 6.25. The highest BCUT2D eigenvalue weighted by Crippen LogP contribution is 2.43. The van der Waals surface area contributed by atoms with Crippen LogP contribution in [0.15, 0.2) is 78.7 Å². The number of carbonyl (C=O) groups is 2. The number of amides is 2. The van der Waals surface area contributed by atoms with Crippen molar-refractivity contribution >= 4 is 28.2 Å². The van der Waals surface area contributed by atoms with Crippen molar-refractivity contribution in [2.24, 2.45) is 11.8 Å². The summed E-state index contributed by atoms with van der Waals surface area (Å²) in [6.07, 6.45) is 7.19. The first kappa shape index (κ1) is 20.1. The zero-order valence-corrected chi connectivity index (χ0v) is 17.7. The number of carbonyl (C=O) groups excluding carboxylic acids is 2. The van der Waals surface area contributed by atoms with E-state index in [0.717, 1.165) is 33.4 Å². The predicted octanol–water partition coefficient (Wildman–Crippen LogP) is 3.51. The Hall–Kier alpha value is -3.80. The maximum absolute atomic E-state index is 12.0. The van der Waals surface area contributed by atoms with Crippen molar-refractivity contribution in [1.82, 2.24) is 10.2 Å². The Morgan fingerprint density at radius 3 is 2.78 bits per heavy atom. The summed E-state index contributed by atoms with van der Waals surface area (Å²) in [5.41, 5.74) is 2.64. The lowest BCUT2D eigenvalue weighted by molar-refractivity contribution is -0.132. The SMILES string of the molecule is C=CC(=O)N1CC(C2=C(NC(C)=O)C3C=C(c4cc(O)cc5ccccc45)C=CC3O2)C1. The molecule has 2 aromatic rings. The van der Waals surface area contributed by atoms with Gasteiger partial charge in [0, 0.05) is 20.0 Å². The molecule has 6 heteroatoms. The predicted molar refractivity (Wildman–Crippen MR) is 122 cm³/mol. The minimum atomic E-state index is -0.219. The van der Waals surface area contributed by atoms with Crippen LogP contribution in [0.2, 0.25) is 0 Å². The molecule has 3 aliphatic rings. The number of rotatable bonds is 4. The normalized spacial score (nSPS) is 22.2. The third kappa shape index (κ3) is 3.38. The van der Waals surface area contributed by atoms with Gasteiger partial charge in [0.2, 0.25) is 11.8 Å². The highest BCUT2D eigenvalue weighted by atomic mass is 16.5. The molecule has 2 atom stereocenters. The number of fused-ring (bicyclic) bond motifs is 2. The fourth-order valence-corrected chi connectivity index (χ4v) is 4.71. The zero-order chi connectivity index (χ0) is 22.4. The van der Waals surface area contributed by atoms with Crippen molar-refractivity contribution in [2.75, 3.05) is 13.1 Å². The van der Waals surface area contributed by atoms with Gasteiger partial charge in [-0.25, -0.2) is 0 Å². The molecule has 0 saturated carbocycles. The fraction of sp³-hybridized carbons (Fsp3) is 0.231. The largest absolute Gasteiger partial charge is 0.508 e. The lowest BCUT2D eigenvalue weighted by atomic mass is 9.86. The van der Waals surface area contributed by atoms with Gasteiger partial charge in [-0.3, -0.25) is 9.59 Å². The summed E-state index contributed by atoms with van der Waals surface area (Å²) in [6.45, 7) is 6.11. The van der Waals surface area contributed by atoms with Gasteiger partial charge in [-0.15, -0.1) is 0 Å². The highest BCUT2D eigenvalue weighted by molar-refractivity contribution is 5.97. The first-order valence-corrected chi connectivity index (χ1v) is 10.7. The van der Waals surface area contributed by atoms with E-state index in [1.54, 1.807) is 17.0 Å². The maximum atomic E-state index is 12.0. The van der Waals surface area contributed by atoms with E-state index in [1.165, 1.54) is 13.0 Å². The fourth-order valence-electron chi connectivity index (χ4n) is 4.71. The third-order valence-corrected chi connectivity index (χ3v) is 6.25. The molecular formula is C26H24N2O4. The molecule has 0 aromatic heterocycles. The van der Waals surface area contributed by atoms with Gasteiger partial charge in [-0.05, 0) is 46.2 Å². The molecule has 32 heavy (non-hydrogen) atoms. The number of hydrogen-bond acceptors (Lipinski definition) is 4. The summed E-state index contributed by atoms with van der Waals surface area (Å²) in [4.78, 5) is 25.5. The number of aromatic hydroxyl groups is 1. The minimum Gasteiger partial charge on any atom is -0.508 e. The summed E-state index contributed by atoms with van der Waals surface area (Å²) in [5.74, 6) is 0.574. The van der Waals surface area contributed by atoms with Crippen LogP contribution in [0.1, 0.15) is 12.5 Å². The van der Waals surface area contributed by atoms with Gasteiger partial charge < -0.3 is 20.1 Å². The van der Waals surface area contributed by atoms with Gasteiger partial charge in [0.1, 0.15) is 17.6 Å². The van der Waals surface area contributed by atoms with E-state index in [4.69, 9.17) is 4.74 Å². The van der Waals surface area contributed by atoms with Crippen LogP contribution in [0, 0.1) is 11.8 Å². The van der Waals surface area contributed by atoms with E-state index >= 15 is 0 Å². The number of nitrogens with zero attached hydrogens (tertiary/aromatic N) is 1. The molecule has 2 amide bonds. The highest BCUT2D eigenvalue weighted by Gasteiger charge is 2.43. The topological polar surface area (TPSA) is 78.9 Å². The molecule has 1 saturated heterocycles. The lowest BCUT2D eigenvalue weighted by Gasteiger charge is -2.39. The van der Waals surface area contributed by atoms with Crippen LogP contribution in [0.3, 0.4) is 0 Å². The average molecular weight is 428 g/mol. The van der Waals surface area contributed by atoms with Gasteiger partial charge in [-0.2, -0.15) is 0 Å². The van der Waals surface area contributed by atoms with Crippen LogP contribution in [0.4, 0.5) is 0 Å². The van der Waals surface area contributed by atoms with Crippen LogP contribution in [-0.2, 0) is 14.3 Å². The Labute approximate surface area is 186 Å². The minimum absolute atomic E-state index is 0.0400. The van der Waals surface area contributed by atoms with Crippen LogP contribution in [0.5, 0.6) is 5.75 Å². The molecule has 0 bridgehead atoms. The van der Waals surface area contributed by atoms with Gasteiger partial charge >= 0.3 is 0 Å². The second-order valence-electron chi connectivity index (χ2n) is 8.41. The molecule has 6 nitrogen and oxygen atoms in total. The molecule has 5 rings (SSSR count). The van der Waals surface area contributed by atoms with Crippen molar-refractivity contribution in [3.63, 3.8) is 0 Å². The first-order valence-electron chi connectivity index (χ1n) is 10.7. The number of ether oxygens (including phenoxy) is 1. The van der Waals surface area contributed by atoms with Gasteiger partial charge in [0.05, 0.1) is 17.5 Å². The van der Waals surface area contributed by atoms with Crippen molar-refractivity contribution in [3.8, 4) is 5.75 Å². The number of phenols is 1. The number of benzene rings is 2. The molecule has 2 aliphatic heterocycles. The van der Waals surface area contributed by atoms with Gasteiger partial charge in [0.25, 0.3) is 0 Å². The Morgan fingerprint density at radius 2 is 2.03 bits per heavy atom. The van der Waals surface area contributed by atoms with Crippen molar-refractivity contribution < 1.29 is 19.4 Å². The van der Waals surface area contributed by atoms with E-state index in [9.17, 15) is 14.7 Å². The van der Waals surface area contributed by atoms with Crippen LogP contribution in [0.25, 0.3) is 16.3 Å². The molecule has 2 aromatic carbocycles. The second-order valence-corrected chi connectivity index (χ2v) is 8.41. The monoisotopic (exact) mass is 428 g/mol. The quantitative estimate of drug-likeness (QED) is 0.731. The Bertz CT molecular complexity index is 1230. The van der Waals surface area contributed by atoms with Crippen LogP contribution < -0.4 is 5.32 Å². The molecule has 2 heterocycles. The molecular weight excluding hydrogens is 404 g/mol. The second kappa shape index (κ2) is 7.71. The Balaban J connectivity index is 1.52. The van der Waals surface area contributed by atoms with Crippen molar-refractivity contribution in [1.29, 1.82) is 0 Å². The molecule has 2 unspecified atom stereocenters. The summed E-state index contributed by atoms with van der Waals surface area (Å²) in [6, 6.07) is 11.4. The van der Waals surface area contributed by atoms with Crippen molar-refractivity contribution in [2.45, 2.75) is 13.0 Å². The summed E-state index contributed by atoms with van der Waals surface area (Å²) >= 11 is 0. The van der Waals surface area contributed by atoms with Crippen LogP contribution in [-0.4, -0.2) is 41.0 Å². The Morgan fingerprint density at radius 1 is 1.25 bits per heavy atom. The number of hydrogen-bond donors (Lipinski definition) is 2. The number of nitrogens with one attached hydrogen (secondary N) is 1. The summed E-state index contributed by atoms with van der Waals surface area (Å²) in [5, 5.41) is 15.2. The standard InChI is InChI=1S/C26H24N2O4/c1-3-24(31)28-13-18(14-28)26-25(27-15(2)29)22-11-17(8-9-23(22)32-26)21-12-19(30)10-16-6-4-5-7-20(16)21/h3-12,18,22-23,30H,1,13-14H2,2H3,(H,27,29). The van der Waals surface area contributed by atoms with Crippen LogP contribution >= 0.6 is 0 Å². The molecule has 2 N–H and O–H groups in total. The molecule has 0 spiro atoms. The van der Waals surface area contributed by atoms with Gasteiger partial charge in [0.15, 0.2) is 0 Å². The molecule has 1 fully saturated rings. The van der Waals surface area contributed by atoms with E-state index in [0.29, 0.717) is 13.1 Å². The first-order chi connectivity index (χ1) is 15.4. The summed E-state index contributed by atoms with van der Waals surface area (Å²) < 4.78 is 6.26.